The Morgan fingerprint density at radius 1 is 0.762 bits per heavy atom. The zero-order valence-corrected chi connectivity index (χ0v) is 13.4. The van der Waals surface area contributed by atoms with Gasteiger partial charge >= 0.3 is 6.18 Å². The molecule has 0 aromatic heterocycles. The van der Waals surface area contributed by atoms with Gasteiger partial charge in [0.05, 0.1) is 0 Å². The molecule has 0 N–H and O–H groups in total. The van der Waals surface area contributed by atoms with Gasteiger partial charge in [0.1, 0.15) is 0 Å². The van der Waals surface area contributed by atoms with Crippen LogP contribution >= 0.6 is 0 Å². The fourth-order valence-electron chi connectivity index (χ4n) is 4.63. The molecule has 0 unspecified atom stereocenters. The molecular weight excluding hydrogens is 273 g/mol. The normalized spacial score (nSPS) is 34.9. The summed E-state index contributed by atoms with van der Waals surface area (Å²) < 4.78 is 37.3. The van der Waals surface area contributed by atoms with Gasteiger partial charge in [-0.3, -0.25) is 0 Å². The zero-order valence-electron chi connectivity index (χ0n) is 13.4. The average Bonchev–Trinajstić information content (AvgIpc) is 2.45. The Morgan fingerprint density at radius 3 is 1.67 bits per heavy atom. The van der Waals surface area contributed by atoms with Crippen LogP contribution in [0, 0.1) is 23.7 Å². The summed E-state index contributed by atoms with van der Waals surface area (Å²) in [6.45, 7) is 2.25. The smallest absolute Gasteiger partial charge is 0.171 e. The highest BCUT2D eigenvalue weighted by molar-refractivity contribution is 4.82. The van der Waals surface area contributed by atoms with E-state index in [2.05, 4.69) is 6.92 Å². The molecule has 0 amide bonds. The van der Waals surface area contributed by atoms with Crippen molar-refractivity contribution in [1.29, 1.82) is 0 Å². The van der Waals surface area contributed by atoms with Crippen LogP contribution in [0.3, 0.4) is 0 Å². The van der Waals surface area contributed by atoms with Crippen LogP contribution in [-0.2, 0) is 0 Å². The Morgan fingerprint density at radius 2 is 1.24 bits per heavy atom. The van der Waals surface area contributed by atoms with Crippen molar-refractivity contribution >= 4 is 0 Å². The molecule has 0 radical (unpaired) electrons. The van der Waals surface area contributed by atoms with Gasteiger partial charge < -0.3 is 0 Å². The van der Waals surface area contributed by atoms with Gasteiger partial charge in [0, 0.05) is 6.42 Å². The lowest BCUT2D eigenvalue weighted by Crippen LogP contribution is -2.27. The third-order valence-electron chi connectivity index (χ3n) is 5.94. The van der Waals surface area contributed by atoms with Gasteiger partial charge in [0.25, 0.3) is 0 Å². The van der Waals surface area contributed by atoms with Crippen LogP contribution in [0.4, 0.5) is 13.2 Å². The predicted molar refractivity (Wildman–Crippen MR) is 81.1 cm³/mol. The van der Waals surface area contributed by atoms with Gasteiger partial charge in [-0.05, 0) is 62.2 Å². The van der Waals surface area contributed by atoms with E-state index in [9.17, 15) is 13.2 Å². The lowest BCUT2D eigenvalue weighted by Gasteiger charge is -2.38. The molecule has 0 heterocycles. The zero-order chi connectivity index (χ0) is 15.3. The molecule has 124 valence electrons. The highest BCUT2D eigenvalue weighted by Crippen LogP contribution is 2.44. The Bertz CT molecular complexity index is 281. The Hall–Kier alpha value is -0.210. The quantitative estimate of drug-likeness (QED) is 0.527. The van der Waals surface area contributed by atoms with Crippen LogP contribution in [0.5, 0.6) is 0 Å². The van der Waals surface area contributed by atoms with Crippen molar-refractivity contribution in [2.24, 2.45) is 23.7 Å². The van der Waals surface area contributed by atoms with Crippen LogP contribution in [0.2, 0.25) is 0 Å². The molecule has 0 nitrogen and oxygen atoms in total. The fourth-order valence-corrected chi connectivity index (χ4v) is 4.63. The molecule has 0 atom stereocenters. The van der Waals surface area contributed by atoms with Crippen molar-refractivity contribution in [2.45, 2.75) is 90.1 Å². The molecular formula is C18H31F3. The minimum Gasteiger partial charge on any atom is -0.171 e. The van der Waals surface area contributed by atoms with Crippen molar-refractivity contribution in [2.75, 3.05) is 0 Å². The van der Waals surface area contributed by atoms with Gasteiger partial charge in [0.2, 0.25) is 0 Å². The second-order valence-corrected chi connectivity index (χ2v) is 7.52. The summed E-state index contributed by atoms with van der Waals surface area (Å²) >= 11 is 0. The van der Waals surface area contributed by atoms with Gasteiger partial charge in [-0.15, -0.1) is 0 Å². The van der Waals surface area contributed by atoms with E-state index in [-0.39, 0.29) is 5.92 Å². The summed E-state index contributed by atoms with van der Waals surface area (Å²) in [4.78, 5) is 0. The van der Waals surface area contributed by atoms with Crippen LogP contribution < -0.4 is 0 Å². The highest BCUT2D eigenvalue weighted by Gasteiger charge is 2.36. The minimum atomic E-state index is -3.96. The van der Waals surface area contributed by atoms with E-state index >= 15 is 0 Å². The summed E-state index contributed by atoms with van der Waals surface area (Å²) in [5.74, 6) is 2.38. The molecule has 0 aliphatic heterocycles. The molecule has 2 aliphatic rings. The molecule has 0 bridgehead atoms. The van der Waals surface area contributed by atoms with Crippen LogP contribution in [-0.4, -0.2) is 6.18 Å². The molecule has 2 saturated carbocycles. The number of rotatable bonds is 5. The summed E-state index contributed by atoms with van der Waals surface area (Å²) in [6, 6.07) is 0. The second kappa shape index (κ2) is 7.87. The summed E-state index contributed by atoms with van der Waals surface area (Å²) in [5, 5.41) is 0. The van der Waals surface area contributed by atoms with Crippen molar-refractivity contribution < 1.29 is 13.2 Å². The first-order chi connectivity index (χ1) is 9.98. The summed E-state index contributed by atoms with van der Waals surface area (Å²) in [5.41, 5.74) is 0. The SMILES string of the molecule is CCCC[C@H]1CC[C@H]([C@H]2CC[C@H](CC(F)(F)F)CC2)CC1. The van der Waals surface area contributed by atoms with Crippen molar-refractivity contribution in [3.63, 3.8) is 0 Å². The standard InChI is InChI=1S/C18H31F3/c1-2-3-4-14-5-9-16(10-6-14)17-11-7-15(8-12-17)13-18(19,20)21/h14-17H,2-13H2,1H3/t14-,15-,16-,17-. The van der Waals surface area contributed by atoms with E-state index in [4.69, 9.17) is 0 Å². The number of unbranched alkanes of at least 4 members (excludes halogenated alkanes) is 1. The van der Waals surface area contributed by atoms with E-state index in [1.807, 2.05) is 0 Å². The van der Waals surface area contributed by atoms with Crippen molar-refractivity contribution in [3.05, 3.63) is 0 Å². The molecule has 2 rings (SSSR count). The van der Waals surface area contributed by atoms with Gasteiger partial charge in [-0.1, -0.05) is 39.0 Å². The third kappa shape index (κ3) is 5.83. The lowest BCUT2D eigenvalue weighted by molar-refractivity contribution is -0.147. The van der Waals surface area contributed by atoms with Crippen molar-refractivity contribution in [1.82, 2.24) is 0 Å². The van der Waals surface area contributed by atoms with E-state index in [0.29, 0.717) is 0 Å². The molecule has 0 aromatic rings. The summed E-state index contributed by atoms with van der Waals surface area (Å²) in [7, 11) is 0. The third-order valence-corrected chi connectivity index (χ3v) is 5.94. The summed E-state index contributed by atoms with van der Waals surface area (Å²) in [6.07, 6.45) is 8.64. The van der Waals surface area contributed by atoms with Gasteiger partial charge in [-0.2, -0.15) is 13.2 Å². The van der Waals surface area contributed by atoms with E-state index in [1.54, 1.807) is 0 Å². The lowest BCUT2D eigenvalue weighted by atomic mass is 9.68. The number of hydrogen-bond donors (Lipinski definition) is 0. The van der Waals surface area contributed by atoms with Crippen LogP contribution in [0.25, 0.3) is 0 Å². The number of alkyl halides is 3. The van der Waals surface area contributed by atoms with Crippen LogP contribution in [0.15, 0.2) is 0 Å². The van der Waals surface area contributed by atoms with E-state index < -0.39 is 12.6 Å². The van der Waals surface area contributed by atoms with Gasteiger partial charge in [-0.25, -0.2) is 0 Å². The molecule has 0 aromatic carbocycles. The highest BCUT2D eigenvalue weighted by atomic mass is 19.4. The number of hydrogen-bond acceptors (Lipinski definition) is 0. The molecule has 2 aliphatic carbocycles. The molecule has 0 spiro atoms. The molecule has 3 heteroatoms. The fraction of sp³-hybridized carbons (Fsp3) is 1.00. The Labute approximate surface area is 127 Å². The second-order valence-electron chi connectivity index (χ2n) is 7.52. The first-order valence-electron chi connectivity index (χ1n) is 9.04. The Kier molecular flexibility index (Phi) is 6.43. The van der Waals surface area contributed by atoms with Crippen LogP contribution in [0.1, 0.15) is 84.0 Å². The topological polar surface area (TPSA) is 0 Å². The monoisotopic (exact) mass is 304 g/mol. The molecule has 21 heavy (non-hydrogen) atoms. The largest absolute Gasteiger partial charge is 0.389 e. The maximum absolute atomic E-state index is 12.4. The number of halogens is 3. The predicted octanol–water partition coefficient (Wildman–Crippen LogP) is 6.74. The first kappa shape index (κ1) is 17.1. The van der Waals surface area contributed by atoms with Gasteiger partial charge in [0.15, 0.2) is 0 Å². The average molecular weight is 304 g/mol. The van der Waals surface area contributed by atoms with E-state index in [1.165, 1.54) is 44.9 Å². The Balaban J connectivity index is 1.67. The van der Waals surface area contributed by atoms with Crippen molar-refractivity contribution in [3.8, 4) is 0 Å². The minimum absolute atomic E-state index is 0.0952. The molecule has 0 saturated heterocycles. The maximum Gasteiger partial charge on any atom is 0.389 e. The molecule has 2 fully saturated rings. The maximum atomic E-state index is 12.4. The first-order valence-corrected chi connectivity index (χ1v) is 9.04. The van der Waals surface area contributed by atoms with E-state index in [0.717, 1.165) is 43.4 Å².